The number of amides is 2. The number of nitrogens with one attached hydrogen (secondary N) is 1. The molecule has 0 radical (unpaired) electrons. The molecule has 0 saturated heterocycles. The maximum Gasteiger partial charge on any atom is 0.322 e. The number of methoxy groups -OCH3 is 1. The van der Waals surface area contributed by atoms with E-state index in [0.717, 1.165) is 23.2 Å². The molecular weight excluding hydrogens is 362 g/mol. The zero-order valence-corrected chi connectivity index (χ0v) is 17.5. The van der Waals surface area contributed by atoms with Crippen molar-refractivity contribution in [2.45, 2.75) is 32.9 Å². The molecule has 1 atom stereocenters. The van der Waals surface area contributed by atoms with Gasteiger partial charge in [-0.05, 0) is 35.7 Å². The second-order valence-electron chi connectivity index (χ2n) is 7.42. The number of rotatable bonds is 8. The van der Waals surface area contributed by atoms with Crippen LogP contribution < -0.4 is 16.0 Å². The smallest absolute Gasteiger partial charge is 0.322 e. The SMILES string of the molecule is COCC(N)CN(C(=O)NCc1ccccc1)c1ccc(C#CCC(C)C)cc1. The molecule has 1 unspecified atom stereocenters. The molecule has 154 valence electrons. The Hall–Kier alpha value is -2.81. The minimum atomic E-state index is -0.284. The Labute approximate surface area is 174 Å². The van der Waals surface area contributed by atoms with Crippen molar-refractivity contribution in [1.82, 2.24) is 5.32 Å². The third-order valence-corrected chi connectivity index (χ3v) is 4.25. The minimum absolute atomic E-state index is 0.195. The van der Waals surface area contributed by atoms with E-state index >= 15 is 0 Å². The molecule has 2 rings (SSSR count). The Morgan fingerprint density at radius 1 is 1.14 bits per heavy atom. The van der Waals surface area contributed by atoms with Crippen LogP contribution in [-0.4, -0.2) is 32.3 Å². The number of hydrogen-bond acceptors (Lipinski definition) is 3. The van der Waals surface area contributed by atoms with Gasteiger partial charge in [0.15, 0.2) is 0 Å². The van der Waals surface area contributed by atoms with Crippen LogP contribution in [0.1, 0.15) is 31.4 Å². The Balaban J connectivity index is 2.11. The fourth-order valence-corrected chi connectivity index (χ4v) is 2.76. The summed E-state index contributed by atoms with van der Waals surface area (Å²) in [6, 6.07) is 17.0. The van der Waals surface area contributed by atoms with E-state index in [4.69, 9.17) is 10.5 Å². The molecule has 0 aliphatic heterocycles. The van der Waals surface area contributed by atoms with Gasteiger partial charge < -0.3 is 15.8 Å². The predicted octanol–water partition coefficient (Wildman–Crippen LogP) is 3.77. The number of ether oxygens (including phenoxy) is 1. The molecular formula is C24H31N3O2. The first-order valence-corrected chi connectivity index (χ1v) is 9.92. The van der Waals surface area contributed by atoms with Crippen LogP contribution in [0.3, 0.4) is 0 Å². The van der Waals surface area contributed by atoms with Crippen molar-refractivity contribution in [3.63, 3.8) is 0 Å². The molecule has 5 heteroatoms. The summed E-state index contributed by atoms with van der Waals surface area (Å²) in [6.45, 7) is 5.47. The zero-order valence-electron chi connectivity index (χ0n) is 17.5. The van der Waals surface area contributed by atoms with Crippen LogP contribution in [0.5, 0.6) is 0 Å². The van der Waals surface area contributed by atoms with Gasteiger partial charge in [0.25, 0.3) is 0 Å². The molecule has 0 bridgehead atoms. The number of nitrogens with two attached hydrogens (primary N) is 1. The summed E-state index contributed by atoms with van der Waals surface area (Å²) in [5, 5.41) is 2.97. The summed E-state index contributed by atoms with van der Waals surface area (Å²) in [5.41, 5.74) is 8.87. The monoisotopic (exact) mass is 393 g/mol. The molecule has 2 amide bonds. The van der Waals surface area contributed by atoms with Gasteiger partial charge in [0.05, 0.1) is 6.61 Å². The van der Waals surface area contributed by atoms with Crippen LogP contribution in [0, 0.1) is 17.8 Å². The van der Waals surface area contributed by atoms with Gasteiger partial charge in [-0.15, -0.1) is 0 Å². The van der Waals surface area contributed by atoms with Crippen molar-refractivity contribution >= 4 is 11.7 Å². The highest BCUT2D eigenvalue weighted by molar-refractivity contribution is 5.92. The van der Waals surface area contributed by atoms with E-state index in [1.165, 1.54) is 0 Å². The van der Waals surface area contributed by atoms with E-state index in [2.05, 4.69) is 31.0 Å². The van der Waals surface area contributed by atoms with E-state index in [0.29, 0.717) is 25.6 Å². The molecule has 2 aromatic rings. The van der Waals surface area contributed by atoms with Crippen LogP contribution in [0.4, 0.5) is 10.5 Å². The maximum atomic E-state index is 12.9. The van der Waals surface area contributed by atoms with Crippen LogP contribution in [0.2, 0.25) is 0 Å². The number of hydrogen-bond donors (Lipinski definition) is 2. The van der Waals surface area contributed by atoms with Gasteiger partial charge in [-0.3, -0.25) is 4.90 Å². The van der Waals surface area contributed by atoms with E-state index in [1.807, 2.05) is 54.6 Å². The van der Waals surface area contributed by atoms with Crippen LogP contribution in [-0.2, 0) is 11.3 Å². The van der Waals surface area contributed by atoms with Crippen molar-refractivity contribution in [2.75, 3.05) is 25.2 Å². The number of carbonyl (C=O) groups excluding carboxylic acids is 1. The molecule has 0 saturated carbocycles. The zero-order chi connectivity index (χ0) is 21.1. The van der Waals surface area contributed by atoms with Gasteiger partial charge in [0.1, 0.15) is 0 Å². The average Bonchev–Trinajstić information content (AvgIpc) is 2.71. The van der Waals surface area contributed by atoms with Crippen LogP contribution >= 0.6 is 0 Å². The fraction of sp³-hybridized carbons (Fsp3) is 0.375. The lowest BCUT2D eigenvalue weighted by Gasteiger charge is -2.26. The summed E-state index contributed by atoms with van der Waals surface area (Å²) in [7, 11) is 1.60. The van der Waals surface area contributed by atoms with Crippen molar-refractivity contribution in [2.24, 2.45) is 11.7 Å². The Bertz CT molecular complexity index is 808. The lowest BCUT2D eigenvalue weighted by Crippen LogP contribution is -2.47. The number of anilines is 1. The first-order valence-electron chi connectivity index (χ1n) is 9.92. The highest BCUT2D eigenvalue weighted by Gasteiger charge is 2.18. The van der Waals surface area contributed by atoms with Gasteiger partial charge in [0.2, 0.25) is 0 Å². The molecule has 0 aromatic heterocycles. The van der Waals surface area contributed by atoms with Crippen molar-refractivity contribution in [3.8, 4) is 11.8 Å². The minimum Gasteiger partial charge on any atom is -0.383 e. The number of carbonyl (C=O) groups is 1. The Morgan fingerprint density at radius 3 is 2.45 bits per heavy atom. The first kappa shape index (κ1) is 22.5. The van der Waals surface area contributed by atoms with Crippen molar-refractivity contribution in [3.05, 3.63) is 65.7 Å². The molecule has 0 aliphatic carbocycles. The van der Waals surface area contributed by atoms with Crippen LogP contribution in [0.15, 0.2) is 54.6 Å². The predicted molar refractivity (Wildman–Crippen MR) is 119 cm³/mol. The van der Waals surface area contributed by atoms with Gasteiger partial charge in [-0.25, -0.2) is 4.79 Å². The molecule has 2 aromatic carbocycles. The summed E-state index contributed by atoms with van der Waals surface area (Å²) < 4.78 is 5.13. The van der Waals surface area contributed by atoms with E-state index in [1.54, 1.807) is 12.0 Å². The van der Waals surface area contributed by atoms with Gasteiger partial charge in [-0.1, -0.05) is 56.0 Å². The lowest BCUT2D eigenvalue weighted by molar-refractivity contribution is 0.181. The van der Waals surface area contributed by atoms with E-state index < -0.39 is 0 Å². The summed E-state index contributed by atoms with van der Waals surface area (Å²) >= 11 is 0. The molecule has 0 aliphatic rings. The summed E-state index contributed by atoms with van der Waals surface area (Å²) in [6.07, 6.45) is 0.863. The Kier molecular flexibility index (Phi) is 9.23. The standard InChI is InChI=1S/C24H31N3O2/c1-19(2)8-7-11-20-12-14-23(15-13-20)27(17-22(25)18-29-3)24(28)26-16-21-9-5-4-6-10-21/h4-6,9-10,12-15,19,22H,8,16-18,25H2,1-3H3,(H,26,28). The average molecular weight is 394 g/mol. The Morgan fingerprint density at radius 2 is 1.83 bits per heavy atom. The molecule has 0 spiro atoms. The third-order valence-electron chi connectivity index (χ3n) is 4.25. The highest BCUT2D eigenvalue weighted by Crippen LogP contribution is 2.16. The van der Waals surface area contributed by atoms with Gasteiger partial charge >= 0.3 is 6.03 Å². The van der Waals surface area contributed by atoms with E-state index in [9.17, 15) is 4.79 Å². The third kappa shape index (κ3) is 7.98. The van der Waals surface area contributed by atoms with E-state index in [-0.39, 0.29) is 12.1 Å². The maximum absolute atomic E-state index is 12.9. The second kappa shape index (κ2) is 11.9. The van der Waals surface area contributed by atoms with Crippen molar-refractivity contribution in [1.29, 1.82) is 0 Å². The summed E-state index contributed by atoms with van der Waals surface area (Å²) in [4.78, 5) is 14.5. The van der Waals surface area contributed by atoms with Gasteiger partial charge in [-0.2, -0.15) is 0 Å². The number of nitrogens with zero attached hydrogens (tertiary/aromatic N) is 1. The second-order valence-corrected chi connectivity index (χ2v) is 7.42. The van der Waals surface area contributed by atoms with Crippen LogP contribution in [0.25, 0.3) is 0 Å². The quantitative estimate of drug-likeness (QED) is 0.671. The largest absolute Gasteiger partial charge is 0.383 e. The normalized spacial score (nSPS) is 11.5. The molecule has 5 nitrogen and oxygen atoms in total. The number of urea groups is 1. The topological polar surface area (TPSA) is 67.6 Å². The molecule has 3 N–H and O–H groups in total. The highest BCUT2D eigenvalue weighted by atomic mass is 16.5. The molecule has 0 heterocycles. The molecule has 0 fully saturated rings. The van der Waals surface area contributed by atoms with Gasteiger partial charge in [0, 0.05) is 43.9 Å². The molecule has 29 heavy (non-hydrogen) atoms. The fourth-order valence-electron chi connectivity index (χ4n) is 2.76. The first-order chi connectivity index (χ1) is 14.0. The number of benzene rings is 2. The summed E-state index contributed by atoms with van der Waals surface area (Å²) in [5.74, 6) is 6.89. The van der Waals surface area contributed by atoms with Crippen molar-refractivity contribution < 1.29 is 9.53 Å². The lowest BCUT2D eigenvalue weighted by atomic mass is 10.1.